The molecule has 0 fully saturated rings. The summed E-state index contributed by atoms with van der Waals surface area (Å²) in [7, 11) is 0. The smallest absolute Gasteiger partial charge is 0.346 e. The van der Waals surface area contributed by atoms with E-state index >= 15 is 0 Å². The molecule has 3 N–H and O–H groups in total. The second-order valence-electron chi connectivity index (χ2n) is 6.77. The van der Waals surface area contributed by atoms with Gasteiger partial charge in [0.25, 0.3) is 22.5 Å². The zero-order valence-corrected chi connectivity index (χ0v) is 18.8. The molecule has 3 aromatic rings. The van der Waals surface area contributed by atoms with Gasteiger partial charge in [0, 0.05) is 16.1 Å². The van der Waals surface area contributed by atoms with Crippen molar-refractivity contribution in [2.75, 3.05) is 13.2 Å². The number of carbonyl (C=O) groups is 3. The highest BCUT2D eigenvalue weighted by atomic mass is 35.5. The number of ether oxygens (including phenoxy) is 1. The van der Waals surface area contributed by atoms with Gasteiger partial charge in [0.2, 0.25) is 0 Å². The van der Waals surface area contributed by atoms with Gasteiger partial charge in [-0.05, 0) is 43.3 Å². The second kappa shape index (κ2) is 11.0. The maximum atomic E-state index is 12.7. The Morgan fingerprint density at radius 3 is 2.34 bits per heavy atom. The molecule has 13 nitrogen and oxygen atoms in total. The molecule has 0 unspecified atom stereocenters. The maximum absolute atomic E-state index is 12.7. The Bertz CT molecular complexity index is 1310. The average Bonchev–Trinajstić information content (AvgIpc) is 3.19. The number of hydrogen-bond donors (Lipinski definition) is 3. The van der Waals surface area contributed by atoms with E-state index in [-0.39, 0.29) is 23.4 Å². The minimum absolute atomic E-state index is 0.0714. The zero-order chi connectivity index (χ0) is 25.5. The Hall–Kier alpha value is -4.65. The summed E-state index contributed by atoms with van der Waals surface area (Å²) in [6, 6.07) is 12.3. The van der Waals surface area contributed by atoms with Crippen LogP contribution in [0.2, 0.25) is 5.02 Å². The molecular formula is C21H18ClN5O8. The molecule has 0 saturated carbocycles. The molecule has 0 spiro atoms. The van der Waals surface area contributed by atoms with Gasteiger partial charge in [-0.25, -0.2) is 4.79 Å². The van der Waals surface area contributed by atoms with E-state index in [4.69, 9.17) is 16.3 Å². The van der Waals surface area contributed by atoms with Gasteiger partial charge in [0.15, 0.2) is 12.2 Å². The fourth-order valence-corrected chi connectivity index (χ4v) is 3.13. The van der Waals surface area contributed by atoms with E-state index in [0.717, 1.165) is 0 Å². The fraction of sp³-hybridized carbons (Fsp3) is 0.143. The monoisotopic (exact) mass is 503 g/mol. The second-order valence-corrected chi connectivity index (χ2v) is 7.21. The first-order valence-corrected chi connectivity index (χ1v) is 10.3. The molecule has 0 atom stereocenters. The van der Waals surface area contributed by atoms with E-state index in [0.29, 0.717) is 16.3 Å². The molecule has 3 rings (SSSR count). The van der Waals surface area contributed by atoms with E-state index in [1.54, 1.807) is 31.2 Å². The van der Waals surface area contributed by atoms with Gasteiger partial charge in [-0.15, -0.1) is 10.1 Å². The van der Waals surface area contributed by atoms with Crippen LogP contribution < -0.4 is 16.4 Å². The molecule has 35 heavy (non-hydrogen) atoms. The summed E-state index contributed by atoms with van der Waals surface area (Å²) >= 11 is 5.97. The number of aromatic nitrogens is 2. The van der Waals surface area contributed by atoms with Gasteiger partial charge in [-0.2, -0.15) is 0 Å². The van der Waals surface area contributed by atoms with Crippen LogP contribution in [0.3, 0.4) is 0 Å². The molecule has 0 radical (unpaired) electrons. The minimum Gasteiger partial charge on any atom is -0.462 e. The van der Waals surface area contributed by atoms with Crippen LogP contribution in [-0.2, 0) is 14.4 Å². The molecule has 1 heterocycles. The van der Waals surface area contributed by atoms with Gasteiger partial charge in [0.1, 0.15) is 0 Å². The first-order chi connectivity index (χ1) is 16.7. The van der Waals surface area contributed by atoms with E-state index in [9.17, 15) is 29.3 Å². The number of amides is 2. The van der Waals surface area contributed by atoms with Gasteiger partial charge < -0.3 is 9.57 Å². The molecule has 0 aliphatic heterocycles. The number of esters is 1. The summed E-state index contributed by atoms with van der Waals surface area (Å²) in [5.41, 5.74) is 4.46. The lowest BCUT2D eigenvalue weighted by atomic mass is 10.1. The number of carbonyl (C=O) groups excluding carboxylic acids is 3. The molecule has 2 aromatic carbocycles. The van der Waals surface area contributed by atoms with Crippen molar-refractivity contribution < 1.29 is 29.0 Å². The number of nitrogens with one attached hydrogen (secondary N) is 3. The van der Waals surface area contributed by atoms with Crippen LogP contribution in [0, 0.1) is 10.1 Å². The molecule has 14 heteroatoms. The van der Waals surface area contributed by atoms with Crippen molar-refractivity contribution in [1.29, 1.82) is 0 Å². The summed E-state index contributed by atoms with van der Waals surface area (Å²) in [4.78, 5) is 62.8. The van der Waals surface area contributed by atoms with Crippen LogP contribution in [0.4, 0.5) is 0 Å². The van der Waals surface area contributed by atoms with E-state index in [2.05, 4.69) is 15.4 Å². The van der Waals surface area contributed by atoms with E-state index in [1.807, 2.05) is 5.43 Å². The Balaban J connectivity index is 1.89. The van der Waals surface area contributed by atoms with Gasteiger partial charge in [-0.3, -0.25) is 35.0 Å². The topological polar surface area (TPSA) is 175 Å². The minimum atomic E-state index is -1.14. The number of nitrogens with zero attached hydrogens (tertiary/aromatic N) is 2. The molecule has 1 aromatic heterocycles. The van der Waals surface area contributed by atoms with Crippen molar-refractivity contribution in [3.63, 3.8) is 0 Å². The van der Waals surface area contributed by atoms with Crippen LogP contribution in [0.25, 0.3) is 16.9 Å². The summed E-state index contributed by atoms with van der Waals surface area (Å²) in [5, 5.41) is 12.0. The largest absolute Gasteiger partial charge is 0.462 e. The first-order valence-electron chi connectivity index (χ1n) is 9.96. The zero-order valence-electron chi connectivity index (χ0n) is 18.1. The summed E-state index contributed by atoms with van der Waals surface area (Å²) in [6.45, 7) is 0.804. The molecule has 182 valence electrons. The van der Waals surface area contributed by atoms with Crippen molar-refractivity contribution in [2.24, 2.45) is 0 Å². The van der Waals surface area contributed by atoms with Gasteiger partial charge in [-0.1, -0.05) is 23.7 Å². The lowest BCUT2D eigenvalue weighted by Crippen LogP contribution is -2.43. The predicted octanol–water partition coefficient (Wildman–Crippen LogP) is 1.63. The van der Waals surface area contributed by atoms with Crippen molar-refractivity contribution in [2.45, 2.75) is 6.92 Å². The normalized spacial score (nSPS) is 10.3. The predicted molar refractivity (Wildman–Crippen MR) is 121 cm³/mol. The number of aromatic amines is 1. The number of benzene rings is 2. The first kappa shape index (κ1) is 25.0. The molecule has 0 bridgehead atoms. The molecule has 0 saturated heterocycles. The molecule has 2 amide bonds. The molecule has 0 aliphatic rings. The Morgan fingerprint density at radius 2 is 1.74 bits per heavy atom. The highest BCUT2D eigenvalue weighted by molar-refractivity contribution is 6.30. The summed E-state index contributed by atoms with van der Waals surface area (Å²) in [5.74, 6) is -2.45. The fourth-order valence-electron chi connectivity index (χ4n) is 3.01. The van der Waals surface area contributed by atoms with Crippen molar-refractivity contribution in [1.82, 2.24) is 20.6 Å². The summed E-state index contributed by atoms with van der Waals surface area (Å²) in [6.07, 6.45) is 0. The molecular weight excluding hydrogens is 486 g/mol. The standard InChI is InChI=1S/C21H18ClN5O8/c1-2-34-21(31)17-18(12-3-7-14(22)8-4-12)26(25-20(17)30)15-9-5-13(6-10-15)19(29)24-23-16(28)11-35-27(32)33/h3-10H,2,11H2,1H3,(H,23,28)(H,24,29)(H,25,30). The number of hydrogen-bond acceptors (Lipinski definition) is 8. The van der Waals surface area contributed by atoms with Crippen LogP contribution in [0.1, 0.15) is 27.6 Å². The third-order valence-electron chi connectivity index (χ3n) is 4.50. The van der Waals surface area contributed by atoms with Crippen LogP contribution in [-0.4, -0.2) is 45.9 Å². The number of rotatable bonds is 8. The van der Waals surface area contributed by atoms with Crippen molar-refractivity contribution in [3.8, 4) is 16.9 Å². The van der Waals surface area contributed by atoms with Crippen LogP contribution >= 0.6 is 11.6 Å². The average molecular weight is 504 g/mol. The SMILES string of the molecule is CCOC(=O)c1c(-c2ccc(Cl)cc2)n(-c2ccc(C(=O)NNC(=O)CO[N+](=O)[O-])cc2)[nH]c1=O. The highest BCUT2D eigenvalue weighted by Gasteiger charge is 2.25. The van der Waals surface area contributed by atoms with Crippen LogP contribution in [0.5, 0.6) is 0 Å². The Morgan fingerprint density at radius 1 is 1.09 bits per heavy atom. The third-order valence-corrected chi connectivity index (χ3v) is 4.75. The van der Waals surface area contributed by atoms with Crippen LogP contribution in [0.15, 0.2) is 53.3 Å². The van der Waals surface area contributed by atoms with Gasteiger partial charge >= 0.3 is 5.97 Å². The van der Waals surface area contributed by atoms with Crippen molar-refractivity contribution in [3.05, 3.63) is 85.1 Å². The van der Waals surface area contributed by atoms with Crippen molar-refractivity contribution >= 4 is 29.4 Å². The highest BCUT2D eigenvalue weighted by Crippen LogP contribution is 2.27. The van der Waals surface area contributed by atoms with E-state index in [1.165, 1.54) is 28.9 Å². The van der Waals surface area contributed by atoms with E-state index < -0.39 is 35.0 Å². The molecule has 0 aliphatic carbocycles. The number of hydrazine groups is 1. The number of halogens is 1. The lowest BCUT2D eigenvalue weighted by molar-refractivity contribution is -0.754. The third kappa shape index (κ3) is 6.03. The maximum Gasteiger partial charge on any atom is 0.346 e. The number of H-pyrrole nitrogens is 1. The Kier molecular flexibility index (Phi) is 7.84. The lowest BCUT2D eigenvalue weighted by Gasteiger charge is -2.11. The van der Waals surface area contributed by atoms with Gasteiger partial charge in [0.05, 0.1) is 18.0 Å². The summed E-state index contributed by atoms with van der Waals surface area (Å²) < 4.78 is 6.41. The Labute approximate surface area is 201 Å². The quantitative estimate of drug-likeness (QED) is 0.236.